The molecule has 0 aliphatic carbocycles. The number of aliphatic hydroxyl groups is 1. The number of nitrogen functional groups attached to an aromatic ring is 1. The molecule has 1 heterocycles. The molecule has 1 aromatic rings. The number of nitrogens with two attached hydrogens (primary N) is 1. The van der Waals surface area contributed by atoms with Gasteiger partial charge in [-0.05, 0) is 42.0 Å². The Bertz CT molecular complexity index is 350. The predicted octanol–water partition coefficient (Wildman–Crippen LogP) is 1.76. The molecule has 0 aromatic heterocycles. The first-order valence-electron chi connectivity index (χ1n) is 5.02. The SMILES string of the molecule is Nc1ccc(O)cc1C(O)C1CCSC1. The Morgan fingerprint density at radius 3 is 2.93 bits per heavy atom. The third kappa shape index (κ3) is 2.21. The Balaban J connectivity index is 2.23. The van der Waals surface area contributed by atoms with Crippen molar-refractivity contribution in [3.63, 3.8) is 0 Å². The maximum Gasteiger partial charge on any atom is 0.116 e. The van der Waals surface area contributed by atoms with Gasteiger partial charge in [0.25, 0.3) is 0 Å². The molecule has 15 heavy (non-hydrogen) atoms. The Labute approximate surface area is 93.3 Å². The van der Waals surface area contributed by atoms with E-state index in [-0.39, 0.29) is 11.7 Å². The largest absolute Gasteiger partial charge is 0.508 e. The van der Waals surface area contributed by atoms with Gasteiger partial charge < -0.3 is 15.9 Å². The molecular weight excluding hydrogens is 210 g/mol. The normalized spacial score (nSPS) is 22.9. The third-order valence-electron chi connectivity index (χ3n) is 2.80. The Kier molecular flexibility index (Phi) is 3.07. The molecule has 1 fully saturated rings. The van der Waals surface area contributed by atoms with Crippen LogP contribution in [0, 0.1) is 5.92 Å². The molecule has 82 valence electrons. The van der Waals surface area contributed by atoms with Crippen LogP contribution in [0.5, 0.6) is 5.75 Å². The van der Waals surface area contributed by atoms with Gasteiger partial charge in [0, 0.05) is 11.3 Å². The van der Waals surface area contributed by atoms with Crippen molar-refractivity contribution in [2.75, 3.05) is 17.2 Å². The number of anilines is 1. The van der Waals surface area contributed by atoms with Gasteiger partial charge in [-0.3, -0.25) is 0 Å². The maximum absolute atomic E-state index is 10.1. The van der Waals surface area contributed by atoms with Crippen LogP contribution < -0.4 is 5.73 Å². The van der Waals surface area contributed by atoms with E-state index in [0.29, 0.717) is 11.3 Å². The van der Waals surface area contributed by atoms with E-state index in [0.717, 1.165) is 17.9 Å². The summed E-state index contributed by atoms with van der Waals surface area (Å²) in [5.41, 5.74) is 6.99. The van der Waals surface area contributed by atoms with Gasteiger partial charge in [-0.2, -0.15) is 11.8 Å². The molecule has 0 saturated carbocycles. The smallest absolute Gasteiger partial charge is 0.116 e. The summed E-state index contributed by atoms with van der Waals surface area (Å²) in [5, 5.41) is 19.5. The maximum atomic E-state index is 10.1. The van der Waals surface area contributed by atoms with Gasteiger partial charge in [0.05, 0.1) is 6.10 Å². The van der Waals surface area contributed by atoms with Crippen LogP contribution in [-0.2, 0) is 0 Å². The lowest BCUT2D eigenvalue weighted by Crippen LogP contribution is -2.13. The van der Waals surface area contributed by atoms with Crippen molar-refractivity contribution in [1.29, 1.82) is 0 Å². The summed E-state index contributed by atoms with van der Waals surface area (Å²) in [6, 6.07) is 4.73. The highest BCUT2D eigenvalue weighted by molar-refractivity contribution is 7.99. The minimum absolute atomic E-state index is 0.156. The number of hydrogen-bond donors (Lipinski definition) is 3. The van der Waals surface area contributed by atoms with Crippen LogP contribution >= 0.6 is 11.8 Å². The third-order valence-corrected chi connectivity index (χ3v) is 3.99. The lowest BCUT2D eigenvalue weighted by molar-refractivity contribution is 0.122. The quantitative estimate of drug-likeness (QED) is 0.530. The molecule has 0 spiro atoms. The first-order chi connectivity index (χ1) is 7.18. The van der Waals surface area contributed by atoms with E-state index < -0.39 is 6.10 Å². The number of phenols is 1. The zero-order valence-corrected chi connectivity index (χ0v) is 9.20. The van der Waals surface area contributed by atoms with Crippen LogP contribution in [0.3, 0.4) is 0 Å². The molecule has 0 amide bonds. The van der Waals surface area contributed by atoms with E-state index in [1.165, 1.54) is 6.07 Å². The highest BCUT2D eigenvalue weighted by atomic mass is 32.2. The fourth-order valence-electron chi connectivity index (χ4n) is 1.87. The highest BCUT2D eigenvalue weighted by Crippen LogP contribution is 2.37. The van der Waals surface area contributed by atoms with Gasteiger partial charge in [-0.25, -0.2) is 0 Å². The van der Waals surface area contributed by atoms with Crippen molar-refractivity contribution in [2.45, 2.75) is 12.5 Å². The summed E-state index contributed by atoms with van der Waals surface area (Å²) in [7, 11) is 0. The molecule has 1 aromatic carbocycles. The minimum Gasteiger partial charge on any atom is -0.508 e. The predicted molar refractivity (Wildman–Crippen MR) is 62.9 cm³/mol. The summed E-state index contributed by atoms with van der Waals surface area (Å²) in [4.78, 5) is 0. The van der Waals surface area contributed by atoms with Gasteiger partial charge in [-0.1, -0.05) is 0 Å². The van der Waals surface area contributed by atoms with E-state index in [2.05, 4.69) is 0 Å². The van der Waals surface area contributed by atoms with Crippen LogP contribution in [0.4, 0.5) is 5.69 Å². The standard InChI is InChI=1S/C11H15NO2S/c12-10-2-1-8(13)5-9(10)11(14)7-3-4-15-6-7/h1-2,5,7,11,13-14H,3-4,6,12H2. The van der Waals surface area contributed by atoms with Crippen molar-refractivity contribution in [3.05, 3.63) is 23.8 Å². The minimum atomic E-state index is -0.549. The average molecular weight is 225 g/mol. The van der Waals surface area contributed by atoms with Gasteiger partial charge in [0.15, 0.2) is 0 Å². The summed E-state index contributed by atoms with van der Waals surface area (Å²) in [5.74, 6) is 2.49. The second-order valence-corrected chi connectivity index (χ2v) is 5.03. The monoisotopic (exact) mass is 225 g/mol. The number of thioether (sulfide) groups is 1. The first kappa shape index (κ1) is 10.6. The van der Waals surface area contributed by atoms with Crippen LogP contribution in [0.15, 0.2) is 18.2 Å². The topological polar surface area (TPSA) is 66.5 Å². The molecule has 3 nitrogen and oxygen atoms in total. The fourth-order valence-corrected chi connectivity index (χ4v) is 3.16. The van der Waals surface area contributed by atoms with Gasteiger partial charge in [0.2, 0.25) is 0 Å². The van der Waals surface area contributed by atoms with Crippen molar-refractivity contribution in [2.24, 2.45) is 5.92 Å². The first-order valence-corrected chi connectivity index (χ1v) is 6.18. The van der Waals surface area contributed by atoms with Gasteiger partial charge in [-0.15, -0.1) is 0 Å². The number of hydrogen-bond acceptors (Lipinski definition) is 4. The molecule has 0 radical (unpaired) electrons. The molecule has 4 N–H and O–H groups in total. The number of aromatic hydroxyl groups is 1. The summed E-state index contributed by atoms with van der Waals surface area (Å²) in [6.07, 6.45) is 0.466. The molecule has 2 rings (SSSR count). The van der Waals surface area contributed by atoms with Crippen LogP contribution in [-0.4, -0.2) is 21.7 Å². The van der Waals surface area contributed by atoms with E-state index in [1.54, 1.807) is 12.1 Å². The van der Waals surface area contributed by atoms with Crippen LogP contribution in [0.2, 0.25) is 0 Å². The summed E-state index contributed by atoms with van der Waals surface area (Å²) >= 11 is 1.85. The Hall–Kier alpha value is -0.870. The van der Waals surface area contributed by atoms with Crippen molar-refractivity contribution in [3.8, 4) is 5.75 Å². The van der Waals surface area contributed by atoms with Crippen LogP contribution in [0.1, 0.15) is 18.1 Å². The van der Waals surface area contributed by atoms with Crippen molar-refractivity contribution in [1.82, 2.24) is 0 Å². The average Bonchev–Trinajstić information content (AvgIpc) is 2.74. The molecular formula is C11H15NO2S. The lowest BCUT2D eigenvalue weighted by atomic mass is 9.94. The van der Waals surface area contributed by atoms with E-state index in [9.17, 15) is 10.2 Å². The van der Waals surface area contributed by atoms with Crippen molar-refractivity contribution >= 4 is 17.4 Å². The highest BCUT2D eigenvalue weighted by Gasteiger charge is 2.26. The molecule has 1 aliphatic rings. The molecule has 1 saturated heterocycles. The second kappa shape index (κ2) is 4.33. The van der Waals surface area contributed by atoms with Crippen molar-refractivity contribution < 1.29 is 10.2 Å². The zero-order valence-electron chi connectivity index (χ0n) is 8.39. The molecule has 0 bridgehead atoms. The summed E-state index contributed by atoms with van der Waals surface area (Å²) in [6.45, 7) is 0. The van der Waals surface area contributed by atoms with Gasteiger partial charge >= 0.3 is 0 Å². The number of rotatable bonds is 2. The molecule has 2 unspecified atom stereocenters. The zero-order chi connectivity index (χ0) is 10.8. The molecule has 1 aliphatic heterocycles. The van der Waals surface area contributed by atoms with E-state index >= 15 is 0 Å². The van der Waals surface area contributed by atoms with Crippen LogP contribution in [0.25, 0.3) is 0 Å². The Morgan fingerprint density at radius 2 is 2.27 bits per heavy atom. The lowest BCUT2D eigenvalue weighted by Gasteiger charge is -2.19. The molecule has 4 heteroatoms. The Morgan fingerprint density at radius 1 is 1.47 bits per heavy atom. The summed E-state index contributed by atoms with van der Waals surface area (Å²) < 4.78 is 0. The number of benzene rings is 1. The fraction of sp³-hybridized carbons (Fsp3) is 0.455. The van der Waals surface area contributed by atoms with Gasteiger partial charge in [0.1, 0.15) is 5.75 Å². The van der Waals surface area contributed by atoms with E-state index in [1.807, 2.05) is 11.8 Å². The van der Waals surface area contributed by atoms with E-state index in [4.69, 9.17) is 5.73 Å². The second-order valence-electron chi connectivity index (χ2n) is 3.88. The number of aliphatic hydroxyl groups excluding tert-OH is 1. The number of phenolic OH excluding ortho intramolecular Hbond substituents is 1. The molecule has 2 atom stereocenters.